The van der Waals surface area contributed by atoms with Crippen LogP contribution in [0.3, 0.4) is 0 Å². The van der Waals surface area contributed by atoms with E-state index in [-0.39, 0.29) is 5.92 Å². The van der Waals surface area contributed by atoms with Gasteiger partial charge in [0.05, 0.1) is 0 Å². The second kappa shape index (κ2) is 4.79. The summed E-state index contributed by atoms with van der Waals surface area (Å²) in [5.41, 5.74) is 7.83. The highest BCUT2D eigenvalue weighted by Crippen LogP contribution is 2.27. The second-order valence-electron chi connectivity index (χ2n) is 4.79. The Bertz CT molecular complexity index is 378. The number of carbonyl (C=O) groups is 1. The molecule has 1 aromatic rings. The Hall–Kier alpha value is -1.15. The Morgan fingerprint density at radius 2 is 1.81 bits per heavy atom. The predicted octanol–water partition coefficient (Wildman–Crippen LogP) is 2.70. The first-order valence-electron chi connectivity index (χ1n) is 6.04. The Morgan fingerprint density at radius 3 is 2.44 bits per heavy atom. The fourth-order valence-corrected chi connectivity index (χ4v) is 2.45. The Kier molecular flexibility index (Phi) is 3.39. The SMILES string of the molecule is Cc1ccccc1C(=O)C1CCC(N)CC1. The third kappa shape index (κ3) is 2.33. The van der Waals surface area contributed by atoms with Gasteiger partial charge in [-0.3, -0.25) is 4.79 Å². The van der Waals surface area contributed by atoms with E-state index < -0.39 is 0 Å². The van der Waals surface area contributed by atoms with E-state index >= 15 is 0 Å². The number of Topliss-reactive ketones (excluding diaryl/α,β-unsaturated/α-hetero) is 1. The lowest BCUT2D eigenvalue weighted by Crippen LogP contribution is -2.30. The van der Waals surface area contributed by atoms with E-state index in [0.717, 1.165) is 36.8 Å². The van der Waals surface area contributed by atoms with Crippen LogP contribution in [0.15, 0.2) is 24.3 Å². The molecule has 0 spiro atoms. The summed E-state index contributed by atoms with van der Waals surface area (Å²) in [5, 5.41) is 0. The molecule has 1 aliphatic rings. The zero-order valence-electron chi connectivity index (χ0n) is 9.78. The van der Waals surface area contributed by atoms with Crippen molar-refractivity contribution >= 4 is 5.78 Å². The maximum atomic E-state index is 12.3. The van der Waals surface area contributed by atoms with Crippen LogP contribution in [0, 0.1) is 12.8 Å². The van der Waals surface area contributed by atoms with E-state index in [0.29, 0.717) is 11.8 Å². The first-order chi connectivity index (χ1) is 7.68. The monoisotopic (exact) mass is 217 g/mol. The van der Waals surface area contributed by atoms with Crippen LogP contribution in [0.4, 0.5) is 0 Å². The van der Waals surface area contributed by atoms with Crippen LogP contribution in [-0.2, 0) is 0 Å². The third-order valence-electron chi connectivity index (χ3n) is 3.55. The average molecular weight is 217 g/mol. The molecule has 1 aliphatic carbocycles. The van der Waals surface area contributed by atoms with Gasteiger partial charge in [-0.1, -0.05) is 24.3 Å². The number of aryl methyl sites for hydroxylation is 1. The molecule has 1 saturated carbocycles. The van der Waals surface area contributed by atoms with Crippen LogP contribution >= 0.6 is 0 Å². The van der Waals surface area contributed by atoms with Gasteiger partial charge in [0.2, 0.25) is 0 Å². The van der Waals surface area contributed by atoms with Crippen LogP contribution in [0.25, 0.3) is 0 Å². The molecular weight excluding hydrogens is 198 g/mol. The Labute approximate surface area is 96.8 Å². The summed E-state index contributed by atoms with van der Waals surface area (Å²) in [4.78, 5) is 12.3. The molecule has 0 amide bonds. The summed E-state index contributed by atoms with van der Waals surface area (Å²) in [6.45, 7) is 2.00. The highest BCUT2D eigenvalue weighted by atomic mass is 16.1. The molecule has 86 valence electrons. The molecule has 0 unspecified atom stereocenters. The van der Waals surface area contributed by atoms with Crippen LogP contribution in [0.1, 0.15) is 41.6 Å². The molecule has 1 aromatic carbocycles. The highest BCUT2D eigenvalue weighted by Gasteiger charge is 2.25. The Morgan fingerprint density at radius 1 is 1.19 bits per heavy atom. The third-order valence-corrected chi connectivity index (χ3v) is 3.55. The van der Waals surface area contributed by atoms with E-state index in [9.17, 15) is 4.79 Å². The molecule has 0 aromatic heterocycles. The van der Waals surface area contributed by atoms with E-state index in [1.807, 2.05) is 31.2 Å². The minimum Gasteiger partial charge on any atom is -0.328 e. The van der Waals surface area contributed by atoms with Crippen molar-refractivity contribution in [2.45, 2.75) is 38.6 Å². The number of hydrogen-bond donors (Lipinski definition) is 1. The summed E-state index contributed by atoms with van der Waals surface area (Å²) in [6.07, 6.45) is 3.88. The smallest absolute Gasteiger partial charge is 0.166 e. The molecule has 2 heteroatoms. The minimum absolute atomic E-state index is 0.195. The van der Waals surface area contributed by atoms with Gasteiger partial charge in [0.15, 0.2) is 5.78 Å². The average Bonchev–Trinajstić information content (AvgIpc) is 2.30. The molecule has 0 radical (unpaired) electrons. The first-order valence-corrected chi connectivity index (χ1v) is 6.04. The van der Waals surface area contributed by atoms with Gasteiger partial charge < -0.3 is 5.73 Å². The summed E-state index contributed by atoms with van der Waals surface area (Å²) in [5.74, 6) is 0.505. The lowest BCUT2D eigenvalue weighted by Gasteiger charge is -2.25. The van der Waals surface area contributed by atoms with E-state index in [4.69, 9.17) is 5.73 Å². The largest absolute Gasteiger partial charge is 0.328 e. The number of benzene rings is 1. The van der Waals surface area contributed by atoms with Crippen LogP contribution in [0.2, 0.25) is 0 Å². The predicted molar refractivity (Wildman–Crippen MR) is 65.4 cm³/mol. The van der Waals surface area contributed by atoms with Crippen LogP contribution in [-0.4, -0.2) is 11.8 Å². The van der Waals surface area contributed by atoms with E-state index in [1.54, 1.807) is 0 Å². The lowest BCUT2D eigenvalue weighted by atomic mass is 9.81. The molecule has 0 bridgehead atoms. The summed E-state index contributed by atoms with van der Waals surface area (Å²) in [6, 6.07) is 8.16. The van der Waals surface area contributed by atoms with Crippen molar-refractivity contribution in [2.75, 3.05) is 0 Å². The number of rotatable bonds is 2. The van der Waals surface area contributed by atoms with Crippen molar-refractivity contribution < 1.29 is 4.79 Å². The first kappa shape index (κ1) is 11.3. The number of ketones is 1. The molecule has 0 aliphatic heterocycles. The van der Waals surface area contributed by atoms with Gasteiger partial charge in [-0.15, -0.1) is 0 Å². The van der Waals surface area contributed by atoms with Gasteiger partial charge in [-0.05, 0) is 38.2 Å². The van der Waals surface area contributed by atoms with Crippen molar-refractivity contribution in [1.82, 2.24) is 0 Å². The van der Waals surface area contributed by atoms with Gasteiger partial charge in [0.25, 0.3) is 0 Å². The van der Waals surface area contributed by atoms with Crippen molar-refractivity contribution in [3.8, 4) is 0 Å². The van der Waals surface area contributed by atoms with Gasteiger partial charge >= 0.3 is 0 Å². The van der Waals surface area contributed by atoms with Crippen molar-refractivity contribution in [3.63, 3.8) is 0 Å². The van der Waals surface area contributed by atoms with Crippen molar-refractivity contribution in [2.24, 2.45) is 11.7 Å². The van der Waals surface area contributed by atoms with Gasteiger partial charge in [0.1, 0.15) is 0 Å². The number of hydrogen-bond acceptors (Lipinski definition) is 2. The zero-order chi connectivity index (χ0) is 11.5. The summed E-state index contributed by atoms with van der Waals surface area (Å²) >= 11 is 0. The maximum Gasteiger partial charge on any atom is 0.166 e. The molecule has 2 nitrogen and oxygen atoms in total. The molecule has 2 rings (SSSR count). The standard InChI is InChI=1S/C14H19NO/c1-10-4-2-3-5-13(10)14(16)11-6-8-12(15)9-7-11/h2-5,11-12H,6-9,15H2,1H3. The molecule has 16 heavy (non-hydrogen) atoms. The quantitative estimate of drug-likeness (QED) is 0.774. The molecule has 0 heterocycles. The molecular formula is C14H19NO. The fourth-order valence-electron chi connectivity index (χ4n) is 2.45. The second-order valence-corrected chi connectivity index (χ2v) is 4.79. The minimum atomic E-state index is 0.195. The fraction of sp³-hybridized carbons (Fsp3) is 0.500. The van der Waals surface area contributed by atoms with E-state index in [2.05, 4.69) is 0 Å². The van der Waals surface area contributed by atoms with Crippen molar-refractivity contribution in [3.05, 3.63) is 35.4 Å². The van der Waals surface area contributed by atoms with E-state index in [1.165, 1.54) is 0 Å². The summed E-state index contributed by atoms with van der Waals surface area (Å²) in [7, 11) is 0. The van der Waals surface area contributed by atoms with Gasteiger partial charge in [0, 0.05) is 17.5 Å². The topological polar surface area (TPSA) is 43.1 Å². The summed E-state index contributed by atoms with van der Waals surface area (Å²) < 4.78 is 0. The Balaban J connectivity index is 2.11. The number of carbonyl (C=O) groups excluding carboxylic acids is 1. The van der Waals surface area contributed by atoms with Crippen molar-refractivity contribution in [1.29, 1.82) is 0 Å². The molecule has 1 fully saturated rings. The normalized spacial score (nSPS) is 25.4. The highest BCUT2D eigenvalue weighted by molar-refractivity contribution is 5.99. The zero-order valence-corrected chi connectivity index (χ0v) is 9.78. The number of nitrogens with two attached hydrogens (primary N) is 1. The van der Waals surface area contributed by atoms with Gasteiger partial charge in [-0.25, -0.2) is 0 Å². The molecule has 2 N–H and O–H groups in total. The van der Waals surface area contributed by atoms with Crippen LogP contribution < -0.4 is 5.73 Å². The maximum absolute atomic E-state index is 12.3. The molecule has 0 saturated heterocycles. The lowest BCUT2D eigenvalue weighted by molar-refractivity contribution is 0.0884. The van der Waals surface area contributed by atoms with Gasteiger partial charge in [-0.2, -0.15) is 0 Å². The molecule has 0 atom stereocenters. The van der Waals surface area contributed by atoms with Crippen LogP contribution in [0.5, 0.6) is 0 Å².